The Morgan fingerprint density at radius 3 is 2.48 bits per heavy atom. The highest BCUT2D eigenvalue weighted by molar-refractivity contribution is 5.93. The summed E-state index contributed by atoms with van der Waals surface area (Å²) < 4.78 is 80.8. The molecule has 1 aromatic carbocycles. The first kappa shape index (κ1) is 21.4. The van der Waals surface area contributed by atoms with Gasteiger partial charge in [-0.05, 0) is 24.5 Å². The Balaban J connectivity index is 1.49. The molecule has 2 atom stereocenters. The zero-order valence-corrected chi connectivity index (χ0v) is 16.1. The number of fused-ring (bicyclic) bond motifs is 1. The third-order valence-corrected chi connectivity index (χ3v) is 5.68. The highest BCUT2D eigenvalue weighted by Gasteiger charge is 2.37. The van der Waals surface area contributed by atoms with Crippen LogP contribution in [0.2, 0.25) is 0 Å². The molecule has 2 N–H and O–H groups in total. The summed E-state index contributed by atoms with van der Waals surface area (Å²) in [7, 11) is 0. The van der Waals surface area contributed by atoms with E-state index in [1.165, 1.54) is 9.47 Å². The topological polar surface area (TPSA) is 64.2 Å². The fourth-order valence-corrected chi connectivity index (χ4v) is 4.04. The van der Waals surface area contributed by atoms with Crippen LogP contribution in [0.1, 0.15) is 35.8 Å². The molecule has 1 aromatic heterocycles. The van der Waals surface area contributed by atoms with Crippen LogP contribution < -0.4 is 5.73 Å². The van der Waals surface area contributed by atoms with Gasteiger partial charge in [-0.3, -0.25) is 4.79 Å². The maximum atomic E-state index is 14.1. The minimum absolute atomic E-state index is 0.0613. The van der Waals surface area contributed by atoms with Gasteiger partial charge in [0.25, 0.3) is 0 Å². The number of halogens is 6. The van der Waals surface area contributed by atoms with E-state index in [0.29, 0.717) is 11.6 Å². The van der Waals surface area contributed by atoms with Gasteiger partial charge < -0.3 is 15.2 Å². The molecule has 0 saturated heterocycles. The number of nitrogens with zero attached hydrogens (tertiary/aromatic N) is 3. The number of imidazole rings is 1. The van der Waals surface area contributed by atoms with Crippen molar-refractivity contribution in [2.24, 2.45) is 5.73 Å². The largest absolute Gasteiger partial charge is 0.434 e. The molecule has 0 bridgehead atoms. The molecule has 0 radical (unpaired) electrons. The Morgan fingerprint density at radius 1 is 1.10 bits per heavy atom. The predicted octanol–water partition coefficient (Wildman–Crippen LogP) is 3.49. The molecule has 0 spiro atoms. The number of allylic oxidation sites excluding steroid dienone is 1. The molecule has 11 heteroatoms. The zero-order valence-electron chi connectivity index (χ0n) is 16.1. The molecule has 2 aliphatic rings. The molecule has 1 aliphatic heterocycles. The fourth-order valence-electron chi connectivity index (χ4n) is 4.04. The molecule has 2 unspecified atom stereocenters. The van der Waals surface area contributed by atoms with Gasteiger partial charge in [0.05, 0.1) is 6.54 Å². The Labute approximate surface area is 173 Å². The van der Waals surface area contributed by atoms with Crippen LogP contribution in [0.4, 0.5) is 26.3 Å². The Kier molecular flexibility index (Phi) is 5.32. The van der Waals surface area contributed by atoms with E-state index in [1.807, 2.05) is 0 Å². The van der Waals surface area contributed by atoms with E-state index in [9.17, 15) is 31.1 Å². The van der Waals surface area contributed by atoms with Crippen LogP contribution in [0, 0.1) is 17.5 Å². The van der Waals surface area contributed by atoms with Gasteiger partial charge in [0, 0.05) is 42.9 Å². The number of hydrogen-bond donors (Lipinski definition) is 1. The van der Waals surface area contributed by atoms with Gasteiger partial charge >= 0.3 is 6.18 Å². The summed E-state index contributed by atoms with van der Waals surface area (Å²) in [5, 5.41) is 0. The van der Waals surface area contributed by atoms with Crippen molar-refractivity contribution in [1.82, 2.24) is 14.5 Å². The van der Waals surface area contributed by atoms with Crippen LogP contribution in [-0.2, 0) is 24.1 Å². The van der Waals surface area contributed by atoms with Gasteiger partial charge in [-0.1, -0.05) is 6.08 Å². The normalized spacial score (nSPS) is 21.6. The van der Waals surface area contributed by atoms with Crippen molar-refractivity contribution in [3.05, 3.63) is 64.5 Å². The molecule has 1 aliphatic carbocycles. The summed E-state index contributed by atoms with van der Waals surface area (Å²) in [5.41, 5.74) is 5.40. The molecule has 2 heterocycles. The van der Waals surface area contributed by atoms with Crippen LogP contribution >= 0.6 is 0 Å². The molecule has 0 fully saturated rings. The average molecular weight is 444 g/mol. The third-order valence-electron chi connectivity index (χ3n) is 5.68. The van der Waals surface area contributed by atoms with E-state index in [-0.39, 0.29) is 49.8 Å². The van der Waals surface area contributed by atoms with Gasteiger partial charge in [-0.15, -0.1) is 0 Å². The number of nitrogens with two attached hydrogens (primary N) is 1. The number of rotatable bonds is 2. The second-order valence-electron chi connectivity index (χ2n) is 7.69. The van der Waals surface area contributed by atoms with Crippen LogP contribution in [-0.4, -0.2) is 32.9 Å². The molecule has 166 valence electrons. The Hall–Kier alpha value is -2.82. The van der Waals surface area contributed by atoms with E-state index in [1.54, 1.807) is 6.08 Å². The summed E-state index contributed by atoms with van der Waals surface area (Å²) in [5.74, 6) is -4.28. The number of carbonyl (C=O) groups is 1. The number of hydrogen-bond acceptors (Lipinski definition) is 3. The zero-order chi connectivity index (χ0) is 22.5. The predicted molar refractivity (Wildman–Crippen MR) is 97.0 cm³/mol. The van der Waals surface area contributed by atoms with Crippen LogP contribution in [0.15, 0.2) is 30.0 Å². The summed E-state index contributed by atoms with van der Waals surface area (Å²) in [6, 6.07) is 0.526. The van der Waals surface area contributed by atoms with E-state index in [4.69, 9.17) is 5.73 Å². The van der Waals surface area contributed by atoms with Crippen molar-refractivity contribution in [3.8, 4) is 0 Å². The molecular formula is C20H18F6N4O. The highest BCUT2D eigenvalue weighted by atomic mass is 19.4. The molecule has 4 rings (SSSR count). The average Bonchev–Trinajstić information content (AvgIpc) is 3.14. The first-order valence-electron chi connectivity index (χ1n) is 9.56. The maximum Gasteiger partial charge on any atom is 0.434 e. The van der Waals surface area contributed by atoms with Crippen molar-refractivity contribution in [2.75, 3.05) is 6.54 Å². The quantitative estimate of drug-likeness (QED) is 0.570. The number of amides is 1. The maximum absolute atomic E-state index is 14.1. The lowest BCUT2D eigenvalue weighted by Crippen LogP contribution is -2.41. The first-order valence-corrected chi connectivity index (χ1v) is 9.56. The Morgan fingerprint density at radius 2 is 1.81 bits per heavy atom. The lowest BCUT2D eigenvalue weighted by molar-refractivity contribution is -0.141. The molecule has 1 amide bonds. The van der Waals surface area contributed by atoms with E-state index >= 15 is 0 Å². The summed E-state index contributed by atoms with van der Waals surface area (Å²) >= 11 is 0. The first-order chi connectivity index (χ1) is 14.5. The lowest BCUT2D eigenvalue weighted by Gasteiger charge is -2.33. The van der Waals surface area contributed by atoms with Gasteiger partial charge in [-0.25, -0.2) is 18.2 Å². The van der Waals surface area contributed by atoms with Gasteiger partial charge in [0.2, 0.25) is 5.91 Å². The SMILES string of the molecule is NC1CC(C(=O)N2CCn3cc(C(F)(F)F)nc3C2)=CCC1c1cc(F)c(F)cc1F. The van der Waals surface area contributed by atoms with E-state index in [2.05, 4.69) is 4.98 Å². The number of carbonyl (C=O) groups excluding carboxylic acids is 1. The third kappa shape index (κ3) is 4.06. The van der Waals surface area contributed by atoms with Gasteiger partial charge in [-0.2, -0.15) is 13.2 Å². The molecule has 2 aromatic rings. The van der Waals surface area contributed by atoms with E-state index < -0.39 is 41.3 Å². The molecule has 0 saturated carbocycles. The summed E-state index contributed by atoms with van der Waals surface area (Å²) in [4.78, 5) is 17.9. The summed E-state index contributed by atoms with van der Waals surface area (Å²) in [6.45, 7) is 0.294. The highest BCUT2D eigenvalue weighted by Crippen LogP contribution is 2.35. The minimum atomic E-state index is -4.57. The Bertz CT molecular complexity index is 1060. The number of aromatic nitrogens is 2. The lowest BCUT2D eigenvalue weighted by atomic mass is 9.80. The van der Waals surface area contributed by atoms with Crippen LogP contribution in [0.3, 0.4) is 0 Å². The van der Waals surface area contributed by atoms with Crippen LogP contribution in [0.25, 0.3) is 0 Å². The number of benzene rings is 1. The minimum Gasteiger partial charge on any atom is -0.331 e. The molecule has 5 nitrogen and oxygen atoms in total. The molecule has 31 heavy (non-hydrogen) atoms. The van der Waals surface area contributed by atoms with Crippen molar-refractivity contribution < 1.29 is 31.1 Å². The summed E-state index contributed by atoms with van der Waals surface area (Å²) in [6.07, 6.45) is -1.86. The fraction of sp³-hybridized carbons (Fsp3) is 0.400. The van der Waals surface area contributed by atoms with Crippen molar-refractivity contribution in [1.29, 1.82) is 0 Å². The standard InChI is InChI=1S/C20H18F6N4O/c21-13-7-15(23)14(22)6-12(13)11-2-1-10(5-16(11)27)19(31)30-4-3-29-8-17(20(24,25)26)28-18(29)9-30/h1,6-8,11,16H,2-5,9,27H2. The van der Waals surface area contributed by atoms with Crippen molar-refractivity contribution in [3.63, 3.8) is 0 Å². The smallest absolute Gasteiger partial charge is 0.331 e. The monoisotopic (exact) mass is 444 g/mol. The van der Waals surface area contributed by atoms with Crippen molar-refractivity contribution >= 4 is 5.91 Å². The van der Waals surface area contributed by atoms with Gasteiger partial charge in [0.1, 0.15) is 11.6 Å². The second-order valence-corrected chi connectivity index (χ2v) is 7.69. The van der Waals surface area contributed by atoms with Crippen LogP contribution in [0.5, 0.6) is 0 Å². The van der Waals surface area contributed by atoms with Crippen molar-refractivity contribution in [2.45, 2.75) is 44.1 Å². The second kappa shape index (κ2) is 7.70. The van der Waals surface area contributed by atoms with E-state index in [0.717, 1.165) is 12.3 Å². The van der Waals surface area contributed by atoms with Gasteiger partial charge in [0.15, 0.2) is 17.3 Å². The number of alkyl halides is 3. The molecular weight excluding hydrogens is 426 g/mol.